The molecule has 3 nitrogen and oxygen atoms in total. The number of nitrogens with one attached hydrogen (secondary N) is 1. The number of hydrogen-bond donors (Lipinski definition) is 1. The molecule has 2 rings (SSSR count). The van der Waals surface area contributed by atoms with Gasteiger partial charge in [0.15, 0.2) is 0 Å². The molecule has 4 heteroatoms. The molecule has 94 valence electrons. The molecule has 0 saturated carbocycles. The molecule has 1 aromatic carbocycles. The molecule has 2 aromatic rings. The van der Waals surface area contributed by atoms with Crippen molar-refractivity contribution in [2.75, 3.05) is 11.9 Å². The van der Waals surface area contributed by atoms with E-state index in [0.29, 0.717) is 12.2 Å². The maximum absolute atomic E-state index is 11.6. The fraction of sp³-hybridized carbons (Fsp3) is 0.214. The molecule has 0 bridgehead atoms. The summed E-state index contributed by atoms with van der Waals surface area (Å²) in [6.07, 6.45) is 0. The van der Waals surface area contributed by atoms with Crippen LogP contribution in [0.3, 0.4) is 0 Å². The summed E-state index contributed by atoms with van der Waals surface area (Å²) in [7, 11) is 0. The zero-order valence-corrected chi connectivity index (χ0v) is 11.0. The summed E-state index contributed by atoms with van der Waals surface area (Å²) in [5.74, 6) is -0.280. The van der Waals surface area contributed by atoms with Crippen LogP contribution in [0.4, 0.5) is 5.69 Å². The molecule has 1 N–H and O–H groups in total. The number of benzene rings is 1. The third-order valence-electron chi connectivity index (χ3n) is 2.42. The molecule has 18 heavy (non-hydrogen) atoms. The Morgan fingerprint density at radius 2 is 2.22 bits per heavy atom. The van der Waals surface area contributed by atoms with E-state index in [9.17, 15) is 4.79 Å². The Balaban J connectivity index is 2.01. The molecule has 0 aliphatic heterocycles. The number of thiophene rings is 1. The van der Waals surface area contributed by atoms with E-state index < -0.39 is 0 Å². The molecule has 0 fully saturated rings. The van der Waals surface area contributed by atoms with Crippen LogP contribution < -0.4 is 5.32 Å². The number of carbonyl (C=O) groups excluding carboxylic acids is 1. The lowest BCUT2D eigenvalue weighted by Gasteiger charge is -2.07. The number of esters is 1. The van der Waals surface area contributed by atoms with Gasteiger partial charge in [0.1, 0.15) is 0 Å². The van der Waals surface area contributed by atoms with Crippen LogP contribution in [0.5, 0.6) is 0 Å². The van der Waals surface area contributed by atoms with Crippen molar-refractivity contribution in [2.45, 2.75) is 13.5 Å². The predicted octanol–water partition coefficient (Wildman–Crippen LogP) is 3.54. The molecule has 0 unspecified atom stereocenters. The summed E-state index contributed by atoms with van der Waals surface area (Å²) in [5, 5.41) is 5.33. The number of rotatable bonds is 5. The van der Waals surface area contributed by atoms with E-state index in [1.54, 1.807) is 24.3 Å². The first kappa shape index (κ1) is 12.6. The van der Waals surface area contributed by atoms with Gasteiger partial charge in [0.05, 0.1) is 12.2 Å². The second-order valence-electron chi connectivity index (χ2n) is 3.73. The van der Waals surface area contributed by atoms with Gasteiger partial charge in [-0.05, 0) is 36.6 Å². The average Bonchev–Trinajstić information content (AvgIpc) is 2.90. The molecular weight excluding hydrogens is 246 g/mol. The van der Waals surface area contributed by atoms with Gasteiger partial charge in [-0.15, -0.1) is 11.3 Å². The van der Waals surface area contributed by atoms with E-state index in [-0.39, 0.29) is 5.97 Å². The van der Waals surface area contributed by atoms with Crippen LogP contribution in [-0.4, -0.2) is 12.6 Å². The zero-order chi connectivity index (χ0) is 12.8. The van der Waals surface area contributed by atoms with Crippen LogP contribution in [0.1, 0.15) is 22.2 Å². The summed E-state index contributed by atoms with van der Waals surface area (Å²) in [6, 6.07) is 11.5. The summed E-state index contributed by atoms with van der Waals surface area (Å²) in [4.78, 5) is 12.8. The van der Waals surface area contributed by atoms with Gasteiger partial charge in [0.25, 0.3) is 0 Å². The van der Waals surface area contributed by atoms with Crippen LogP contribution in [0.2, 0.25) is 0 Å². The highest BCUT2D eigenvalue weighted by atomic mass is 32.1. The van der Waals surface area contributed by atoms with Crippen LogP contribution in [0.25, 0.3) is 0 Å². The van der Waals surface area contributed by atoms with Gasteiger partial charge in [-0.25, -0.2) is 4.79 Å². The molecule has 0 saturated heterocycles. The monoisotopic (exact) mass is 261 g/mol. The second kappa shape index (κ2) is 6.21. The maximum Gasteiger partial charge on any atom is 0.338 e. The summed E-state index contributed by atoms with van der Waals surface area (Å²) in [6.45, 7) is 2.96. The van der Waals surface area contributed by atoms with Crippen molar-refractivity contribution in [3.63, 3.8) is 0 Å². The minimum absolute atomic E-state index is 0.280. The van der Waals surface area contributed by atoms with Crippen molar-refractivity contribution in [1.29, 1.82) is 0 Å². The van der Waals surface area contributed by atoms with Crippen molar-refractivity contribution in [2.24, 2.45) is 0 Å². The zero-order valence-electron chi connectivity index (χ0n) is 10.2. The van der Waals surface area contributed by atoms with Crippen molar-refractivity contribution >= 4 is 23.0 Å². The number of anilines is 1. The molecule has 0 amide bonds. The van der Waals surface area contributed by atoms with Gasteiger partial charge in [0.2, 0.25) is 0 Å². The molecule has 0 aliphatic rings. The van der Waals surface area contributed by atoms with E-state index in [2.05, 4.69) is 11.4 Å². The van der Waals surface area contributed by atoms with Gasteiger partial charge >= 0.3 is 5.97 Å². The van der Waals surface area contributed by atoms with Gasteiger partial charge in [-0.2, -0.15) is 0 Å². The van der Waals surface area contributed by atoms with Gasteiger partial charge in [0, 0.05) is 17.1 Å². The predicted molar refractivity (Wildman–Crippen MR) is 74.0 cm³/mol. The summed E-state index contributed by atoms with van der Waals surface area (Å²) >= 11 is 1.71. The third-order valence-corrected chi connectivity index (χ3v) is 3.30. The fourth-order valence-electron chi connectivity index (χ4n) is 1.57. The van der Waals surface area contributed by atoms with Crippen molar-refractivity contribution in [3.8, 4) is 0 Å². The van der Waals surface area contributed by atoms with Crippen molar-refractivity contribution in [3.05, 3.63) is 52.2 Å². The Kier molecular flexibility index (Phi) is 4.36. The van der Waals surface area contributed by atoms with E-state index in [0.717, 1.165) is 12.2 Å². The van der Waals surface area contributed by atoms with Crippen molar-refractivity contribution in [1.82, 2.24) is 0 Å². The third kappa shape index (κ3) is 3.34. The molecule has 0 radical (unpaired) electrons. The fourth-order valence-corrected chi connectivity index (χ4v) is 2.22. The number of ether oxygens (including phenoxy) is 1. The minimum atomic E-state index is -0.280. The summed E-state index contributed by atoms with van der Waals surface area (Å²) in [5.41, 5.74) is 1.50. The first-order valence-corrected chi connectivity index (χ1v) is 6.71. The van der Waals surface area contributed by atoms with Crippen molar-refractivity contribution < 1.29 is 9.53 Å². The first-order chi connectivity index (χ1) is 8.79. The molecular formula is C14H15NO2S. The first-order valence-electron chi connectivity index (χ1n) is 5.83. The standard InChI is InChI=1S/C14H15NO2S/c1-2-17-14(16)11-5-3-6-12(9-11)15-10-13-7-4-8-18-13/h3-9,15H,2,10H2,1H3. The number of hydrogen-bond acceptors (Lipinski definition) is 4. The van der Waals surface area contributed by atoms with E-state index >= 15 is 0 Å². The molecule has 0 aliphatic carbocycles. The van der Waals surface area contributed by atoms with Gasteiger partial charge in [-0.3, -0.25) is 0 Å². The Morgan fingerprint density at radius 1 is 1.33 bits per heavy atom. The van der Waals surface area contributed by atoms with Crippen LogP contribution in [0, 0.1) is 0 Å². The van der Waals surface area contributed by atoms with E-state index in [4.69, 9.17) is 4.74 Å². The Morgan fingerprint density at radius 3 is 2.94 bits per heavy atom. The molecule has 1 aromatic heterocycles. The van der Waals surface area contributed by atoms with Gasteiger partial charge in [-0.1, -0.05) is 12.1 Å². The lowest BCUT2D eigenvalue weighted by atomic mass is 10.2. The Hall–Kier alpha value is -1.81. The van der Waals surface area contributed by atoms with E-state index in [1.165, 1.54) is 4.88 Å². The average molecular weight is 261 g/mol. The lowest BCUT2D eigenvalue weighted by molar-refractivity contribution is 0.0526. The molecule has 1 heterocycles. The summed E-state index contributed by atoms with van der Waals surface area (Å²) < 4.78 is 4.97. The SMILES string of the molecule is CCOC(=O)c1cccc(NCc2cccs2)c1. The quantitative estimate of drug-likeness (QED) is 0.837. The highest BCUT2D eigenvalue weighted by molar-refractivity contribution is 7.09. The smallest absolute Gasteiger partial charge is 0.338 e. The molecule has 0 spiro atoms. The largest absolute Gasteiger partial charge is 0.462 e. The van der Waals surface area contributed by atoms with Crippen LogP contribution in [-0.2, 0) is 11.3 Å². The maximum atomic E-state index is 11.6. The molecule has 0 atom stereocenters. The normalized spacial score (nSPS) is 10.1. The van der Waals surface area contributed by atoms with Crippen LogP contribution in [0.15, 0.2) is 41.8 Å². The Bertz CT molecular complexity index is 508. The van der Waals surface area contributed by atoms with Gasteiger partial charge < -0.3 is 10.1 Å². The highest BCUT2D eigenvalue weighted by Crippen LogP contribution is 2.15. The number of carbonyl (C=O) groups is 1. The lowest BCUT2D eigenvalue weighted by Crippen LogP contribution is -2.05. The van der Waals surface area contributed by atoms with Crippen LogP contribution >= 0.6 is 11.3 Å². The Labute approximate surface area is 110 Å². The van der Waals surface area contributed by atoms with E-state index in [1.807, 2.05) is 29.6 Å². The highest BCUT2D eigenvalue weighted by Gasteiger charge is 2.06. The topological polar surface area (TPSA) is 38.3 Å². The second-order valence-corrected chi connectivity index (χ2v) is 4.77. The minimum Gasteiger partial charge on any atom is -0.462 e.